The van der Waals surface area contributed by atoms with E-state index in [4.69, 9.17) is 4.74 Å². The van der Waals surface area contributed by atoms with Crippen LogP contribution in [0.2, 0.25) is 0 Å². The molecule has 110 valence electrons. The van der Waals surface area contributed by atoms with Crippen LogP contribution in [0.1, 0.15) is 16.1 Å². The van der Waals surface area contributed by atoms with Crippen molar-refractivity contribution in [3.63, 3.8) is 0 Å². The number of carbonyl (C=O) groups excluding carboxylic acids is 2. The lowest BCUT2D eigenvalue weighted by molar-refractivity contribution is 0.111. The number of carbonyl (C=O) groups is 2. The fraction of sp³-hybridized carbons (Fsp3) is 0.0667. The highest BCUT2D eigenvalue weighted by atomic mass is 16.5. The Morgan fingerprint density at radius 3 is 2.82 bits per heavy atom. The lowest BCUT2D eigenvalue weighted by Crippen LogP contribution is -2.15. The molecule has 0 unspecified atom stereocenters. The fourth-order valence-corrected chi connectivity index (χ4v) is 2.00. The molecule has 0 aliphatic carbocycles. The number of nitrogens with zero attached hydrogens (tertiary/aromatic N) is 3. The molecular weight excluding hydrogens is 284 g/mol. The minimum Gasteiger partial charge on any atom is -0.444 e. The van der Waals surface area contributed by atoms with Crippen molar-refractivity contribution >= 4 is 23.7 Å². The lowest BCUT2D eigenvalue weighted by Gasteiger charge is -2.07. The maximum absolute atomic E-state index is 11.8. The molecule has 7 nitrogen and oxygen atoms in total. The number of aromatic nitrogens is 3. The van der Waals surface area contributed by atoms with E-state index < -0.39 is 6.09 Å². The van der Waals surface area contributed by atoms with Crippen molar-refractivity contribution in [2.45, 2.75) is 6.61 Å². The van der Waals surface area contributed by atoms with Crippen LogP contribution in [0, 0.1) is 0 Å². The highest BCUT2D eigenvalue weighted by Gasteiger charge is 2.11. The Labute approximate surface area is 125 Å². The summed E-state index contributed by atoms with van der Waals surface area (Å²) in [6, 6.07) is 12.6. The number of ether oxygens (including phenoxy) is 1. The number of anilines is 1. The quantitative estimate of drug-likeness (QED) is 0.746. The van der Waals surface area contributed by atoms with Crippen LogP contribution in [0.5, 0.6) is 0 Å². The second kappa shape index (κ2) is 6.04. The Morgan fingerprint density at radius 1 is 1.23 bits per heavy atom. The third-order valence-corrected chi connectivity index (χ3v) is 3.04. The van der Waals surface area contributed by atoms with E-state index in [9.17, 15) is 9.59 Å². The Bertz CT molecular complexity index is 814. The number of aldehydes is 1. The molecule has 0 bridgehead atoms. The van der Waals surface area contributed by atoms with Gasteiger partial charge in [0.05, 0.1) is 0 Å². The third-order valence-electron chi connectivity index (χ3n) is 3.04. The molecule has 2 aromatic heterocycles. The number of benzene rings is 1. The second-order valence-electron chi connectivity index (χ2n) is 4.47. The van der Waals surface area contributed by atoms with Crippen molar-refractivity contribution in [2.24, 2.45) is 0 Å². The van der Waals surface area contributed by atoms with E-state index in [1.807, 2.05) is 30.3 Å². The van der Waals surface area contributed by atoms with Gasteiger partial charge >= 0.3 is 6.09 Å². The van der Waals surface area contributed by atoms with Crippen LogP contribution in [0.3, 0.4) is 0 Å². The Hall–Kier alpha value is -3.22. The summed E-state index contributed by atoms with van der Waals surface area (Å²) in [6.45, 7) is 0.161. The van der Waals surface area contributed by atoms with Crippen molar-refractivity contribution < 1.29 is 14.3 Å². The summed E-state index contributed by atoms with van der Waals surface area (Å²) in [5, 5.41) is 6.50. The summed E-state index contributed by atoms with van der Waals surface area (Å²) in [4.78, 5) is 26.7. The van der Waals surface area contributed by atoms with Gasteiger partial charge < -0.3 is 4.74 Å². The van der Waals surface area contributed by atoms with Crippen molar-refractivity contribution in [2.75, 3.05) is 5.32 Å². The molecule has 0 aliphatic rings. The molecule has 0 spiro atoms. The van der Waals surface area contributed by atoms with E-state index in [-0.39, 0.29) is 12.4 Å². The Balaban J connectivity index is 1.71. The SMILES string of the molecule is O=Cc1ccc2c(NC(=O)OCc3ccccc3)ncnn12. The first-order valence-corrected chi connectivity index (χ1v) is 6.53. The highest BCUT2D eigenvalue weighted by Crippen LogP contribution is 2.15. The number of hydrogen-bond acceptors (Lipinski definition) is 5. The molecule has 0 radical (unpaired) electrons. The van der Waals surface area contributed by atoms with Gasteiger partial charge in [0.25, 0.3) is 0 Å². The van der Waals surface area contributed by atoms with E-state index in [2.05, 4.69) is 15.4 Å². The zero-order chi connectivity index (χ0) is 15.4. The van der Waals surface area contributed by atoms with Crippen LogP contribution < -0.4 is 5.32 Å². The van der Waals surface area contributed by atoms with E-state index in [1.54, 1.807) is 12.1 Å². The van der Waals surface area contributed by atoms with Gasteiger partial charge in [-0.05, 0) is 17.7 Å². The molecule has 3 aromatic rings. The van der Waals surface area contributed by atoms with E-state index in [0.717, 1.165) is 5.56 Å². The molecule has 0 atom stereocenters. The summed E-state index contributed by atoms with van der Waals surface area (Å²) in [5.41, 5.74) is 1.77. The maximum atomic E-state index is 11.8. The van der Waals surface area contributed by atoms with Gasteiger partial charge in [-0.1, -0.05) is 30.3 Å². The largest absolute Gasteiger partial charge is 0.444 e. The van der Waals surface area contributed by atoms with Crippen LogP contribution in [0.15, 0.2) is 48.8 Å². The van der Waals surface area contributed by atoms with Crippen molar-refractivity contribution in [1.29, 1.82) is 0 Å². The smallest absolute Gasteiger partial charge is 0.413 e. The molecule has 0 saturated heterocycles. The summed E-state index contributed by atoms with van der Waals surface area (Å²) < 4.78 is 6.52. The number of fused-ring (bicyclic) bond motifs is 1. The zero-order valence-corrected chi connectivity index (χ0v) is 11.5. The molecule has 3 rings (SSSR count). The molecule has 0 saturated carbocycles. The van der Waals surface area contributed by atoms with Crippen LogP contribution in [0.4, 0.5) is 10.6 Å². The number of hydrogen-bond donors (Lipinski definition) is 1. The average molecular weight is 296 g/mol. The number of amides is 1. The molecule has 0 fully saturated rings. The first-order chi connectivity index (χ1) is 10.8. The van der Waals surface area contributed by atoms with E-state index >= 15 is 0 Å². The normalized spacial score (nSPS) is 10.4. The predicted molar refractivity (Wildman–Crippen MR) is 78.6 cm³/mol. The zero-order valence-electron chi connectivity index (χ0n) is 11.5. The number of rotatable bonds is 4. The van der Waals surface area contributed by atoms with Crippen LogP contribution in [-0.2, 0) is 11.3 Å². The van der Waals surface area contributed by atoms with Gasteiger partial charge in [-0.2, -0.15) is 5.10 Å². The molecule has 1 aromatic carbocycles. The van der Waals surface area contributed by atoms with Crippen LogP contribution in [-0.4, -0.2) is 27.0 Å². The van der Waals surface area contributed by atoms with Crippen LogP contribution >= 0.6 is 0 Å². The van der Waals surface area contributed by atoms with Gasteiger partial charge in [0.1, 0.15) is 24.1 Å². The Morgan fingerprint density at radius 2 is 2.05 bits per heavy atom. The highest BCUT2D eigenvalue weighted by molar-refractivity contribution is 5.89. The topological polar surface area (TPSA) is 85.6 Å². The van der Waals surface area contributed by atoms with Gasteiger partial charge in [0.2, 0.25) is 0 Å². The van der Waals surface area contributed by atoms with Crippen molar-refractivity contribution in [3.8, 4) is 0 Å². The second-order valence-corrected chi connectivity index (χ2v) is 4.47. The van der Waals surface area contributed by atoms with Gasteiger partial charge in [-0.25, -0.2) is 14.3 Å². The first kappa shape index (κ1) is 13.7. The fourth-order valence-electron chi connectivity index (χ4n) is 2.00. The summed E-state index contributed by atoms with van der Waals surface area (Å²) in [5.74, 6) is 0.279. The molecule has 2 heterocycles. The van der Waals surface area contributed by atoms with Gasteiger partial charge in [-0.15, -0.1) is 0 Å². The molecule has 7 heteroatoms. The van der Waals surface area contributed by atoms with Gasteiger partial charge in [-0.3, -0.25) is 10.1 Å². The molecule has 1 amide bonds. The summed E-state index contributed by atoms with van der Waals surface area (Å²) >= 11 is 0. The monoisotopic (exact) mass is 296 g/mol. The molecular formula is C15H12N4O3. The van der Waals surface area contributed by atoms with E-state index in [1.165, 1.54) is 10.8 Å². The van der Waals surface area contributed by atoms with Crippen molar-refractivity contribution in [3.05, 3.63) is 60.0 Å². The third kappa shape index (κ3) is 2.78. The van der Waals surface area contributed by atoms with Crippen LogP contribution in [0.25, 0.3) is 5.52 Å². The molecule has 0 aliphatic heterocycles. The summed E-state index contributed by atoms with van der Waals surface area (Å²) in [6.07, 6.45) is 1.31. The minimum absolute atomic E-state index is 0.161. The first-order valence-electron chi connectivity index (χ1n) is 6.53. The number of nitrogens with one attached hydrogen (secondary N) is 1. The van der Waals surface area contributed by atoms with Gasteiger partial charge in [0.15, 0.2) is 12.1 Å². The average Bonchev–Trinajstić information content (AvgIpc) is 2.98. The van der Waals surface area contributed by atoms with Crippen molar-refractivity contribution in [1.82, 2.24) is 14.6 Å². The van der Waals surface area contributed by atoms with E-state index in [0.29, 0.717) is 17.5 Å². The predicted octanol–water partition coefficient (Wildman–Crippen LogP) is 2.29. The standard InChI is InChI=1S/C15H12N4O3/c20-8-12-6-7-13-14(16-10-17-19(12)13)18-15(21)22-9-11-4-2-1-3-5-11/h1-8,10H,9H2,(H,16,17,18,21). The molecule has 1 N–H and O–H groups in total. The molecule has 22 heavy (non-hydrogen) atoms. The lowest BCUT2D eigenvalue weighted by atomic mass is 10.2. The Kier molecular flexibility index (Phi) is 3.78. The summed E-state index contributed by atoms with van der Waals surface area (Å²) in [7, 11) is 0. The minimum atomic E-state index is -0.627. The van der Waals surface area contributed by atoms with Gasteiger partial charge in [0, 0.05) is 0 Å². The maximum Gasteiger partial charge on any atom is 0.413 e.